The summed E-state index contributed by atoms with van der Waals surface area (Å²) in [5.41, 5.74) is 1.30. The van der Waals surface area contributed by atoms with Gasteiger partial charge in [0.05, 0.1) is 24.1 Å². The number of carbonyl (C=O) groups excluding carboxylic acids is 2. The van der Waals surface area contributed by atoms with Crippen LogP contribution >= 0.6 is 0 Å². The van der Waals surface area contributed by atoms with Gasteiger partial charge in [0.1, 0.15) is 17.3 Å². The molecule has 0 bridgehead atoms. The minimum atomic E-state index is -0.490. The van der Waals surface area contributed by atoms with Crippen LogP contribution in [0.15, 0.2) is 52.5 Å². The van der Waals surface area contributed by atoms with Crippen molar-refractivity contribution >= 4 is 29.3 Å². The first-order valence-electron chi connectivity index (χ1n) is 8.38. The van der Waals surface area contributed by atoms with Crippen LogP contribution in [-0.2, 0) is 9.59 Å². The first kappa shape index (κ1) is 19.0. The van der Waals surface area contributed by atoms with Gasteiger partial charge in [-0.1, -0.05) is 6.58 Å². The number of methoxy groups -OCH3 is 1. The number of ether oxygens (including phenoxy) is 2. The third-order valence-corrected chi connectivity index (χ3v) is 3.88. The molecule has 0 fully saturated rings. The molecule has 1 aliphatic rings. The van der Waals surface area contributed by atoms with Crippen LogP contribution < -0.4 is 14.8 Å². The molecule has 9 nitrogen and oxygen atoms in total. The average Bonchev–Trinajstić information content (AvgIpc) is 3.04. The molecule has 0 aliphatic carbocycles. The largest absolute Gasteiger partial charge is 0.497 e. The maximum Gasteiger partial charge on any atom is 0.281 e. The Balaban J connectivity index is 1.71. The van der Waals surface area contributed by atoms with Gasteiger partial charge in [0.25, 0.3) is 17.8 Å². The Kier molecular flexibility index (Phi) is 5.35. The van der Waals surface area contributed by atoms with Crippen LogP contribution in [0.1, 0.15) is 12.6 Å². The normalized spacial score (nSPS) is 13.7. The predicted octanol–water partition coefficient (Wildman–Crippen LogP) is 1.98. The van der Waals surface area contributed by atoms with Gasteiger partial charge in [-0.25, -0.2) is 4.99 Å². The second kappa shape index (κ2) is 7.87. The second-order valence-electron chi connectivity index (χ2n) is 5.99. The van der Waals surface area contributed by atoms with Crippen LogP contribution in [0.2, 0.25) is 0 Å². The highest BCUT2D eigenvalue weighted by atomic mass is 16.5. The molecule has 3 rings (SSSR count). The molecule has 0 atom stereocenters. The van der Waals surface area contributed by atoms with E-state index in [9.17, 15) is 9.59 Å². The molecule has 0 spiro atoms. The van der Waals surface area contributed by atoms with Gasteiger partial charge in [-0.2, -0.15) is 14.8 Å². The summed E-state index contributed by atoms with van der Waals surface area (Å²) in [6.45, 7) is 6.84. The molecule has 1 aromatic heterocycles. The van der Waals surface area contributed by atoms with Crippen LogP contribution in [0, 0.1) is 6.92 Å². The number of benzene rings is 1. The van der Waals surface area contributed by atoms with Crippen molar-refractivity contribution in [3.05, 3.63) is 48.2 Å². The first-order valence-corrected chi connectivity index (χ1v) is 8.38. The number of hydrogen-bond acceptors (Lipinski definition) is 6. The number of hydrogen-bond donors (Lipinski definition) is 1. The van der Waals surface area contributed by atoms with Crippen molar-refractivity contribution in [3.63, 3.8) is 0 Å². The van der Waals surface area contributed by atoms with Crippen LogP contribution in [0.4, 0.5) is 5.82 Å². The lowest BCUT2D eigenvalue weighted by Crippen LogP contribution is -2.27. The van der Waals surface area contributed by atoms with Gasteiger partial charge in [0, 0.05) is 6.07 Å². The molecule has 0 saturated carbocycles. The fraction of sp³-hybridized carbons (Fsp3) is 0.211. The number of aromatic nitrogens is 2. The molecule has 1 N–H and O–H groups in total. The van der Waals surface area contributed by atoms with E-state index in [1.807, 2.05) is 0 Å². The number of nitrogens with one attached hydrogen (secondary N) is 1. The summed E-state index contributed by atoms with van der Waals surface area (Å²) in [5.74, 6) is 0.727. The average molecular weight is 381 g/mol. The topological polar surface area (TPSA) is 107 Å². The third kappa shape index (κ3) is 4.14. The highest BCUT2D eigenvalue weighted by Crippen LogP contribution is 2.18. The maximum atomic E-state index is 12.3. The van der Waals surface area contributed by atoms with Crippen LogP contribution in [-0.4, -0.2) is 47.0 Å². The van der Waals surface area contributed by atoms with E-state index in [2.05, 4.69) is 27.0 Å². The quantitative estimate of drug-likeness (QED) is 0.797. The van der Waals surface area contributed by atoms with Crippen molar-refractivity contribution in [2.24, 2.45) is 9.98 Å². The molecule has 2 heterocycles. The van der Waals surface area contributed by atoms with Crippen LogP contribution in [0.25, 0.3) is 0 Å². The maximum absolute atomic E-state index is 12.3. The van der Waals surface area contributed by atoms with Crippen LogP contribution in [0.3, 0.4) is 0 Å². The van der Waals surface area contributed by atoms with E-state index < -0.39 is 11.8 Å². The fourth-order valence-corrected chi connectivity index (χ4v) is 2.39. The van der Waals surface area contributed by atoms with Crippen molar-refractivity contribution < 1.29 is 19.1 Å². The van der Waals surface area contributed by atoms with E-state index in [0.29, 0.717) is 28.7 Å². The number of amides is 2. The molecule has 0 saturated heterocycles. The SMILES string of the molecule is C=C1C(=O)N=C(n2nc(C)cc2NC(=O)COc2ccc(OC)cc2)N=C1C. The molecule has 0 radical (unpaired) electrons. The Bertz CT molecular complexity index is 1000. The van der Waals surface area contributed by atoms with Crippen molar-refractivity contribution in [2.75, 3.05) is 19.0 Å². The standard InChI is InChI=1S/C19H19N5O4/c1-11-9-16(24(23-11)19-20-13(3)12(2)18(26)22-19)21-17(25)10-28-15-7-5-14(27-4)6-8-15/h5-9H,2,10H2,1,3-4H3,(H,21,25). The fourth-order valence-electron chi connectivity index (χ4n) is 2.39. The zero-order chi connectivity index (χ0) is 20.3. The van der Waals surface area contributed by atoms with E-state index in [4.69, 9.17) is 9.47 Å². The lowest BCUT2D eigenvalue weighted by Gasteiger charge is -2.13. The number of aryl methyl sites for hydroxylation is 1. The zero-order valence-electron chi connectivity index (χ0n) is 15.7. The third-order valence-electron chi connectivity index (χ3n) is 3.88. The molecular weight excluding hydrogens is 362 g/mol. The molecule has 2 aromatic rings. The minimum Gasteiger partial charge on any atom is -0.497 e. The Morgan fingerprint density at radius 1 is 1.18 bits per heavy atom. The number of aliphatic imine (C=N–C) groups is 2. The molecule has 9 heteroatoms. The van der Waals surface area contributed by atoms with Gasteiger partial charge in [-0.15, -0.1) is 0 Å². The number of carbonyl (C=O) groups is 2. The molecule has 28 heavy (non-hydrogen) atoms. The molecule has 0 unspecified atom stereocenters. The van der Waals surface area contributed by atoms with E-state index in [1.165, 1.54) is 4.68 Å². The summed E-state index contributed by atoms with van der Waals surface area (Å²) >= 11 is 0. The summed E-state index contributed by atoms with van der Waals surface area (Å²) < 4.78 is 11.8. The summed E-state index contributed by atoms with van der Waals surface area (Å²) in [4.78, 5) is 32.3. The number of nitrogens with zero attached hydrogens (tertiary/aromatic N) is 4. The molecule has 2 amide bonds. The Morgan fingerprint density at radius 3 is 2.50 bits per heavy atom. The molecule has 144 valence electrons. The summed E-state index contributed by atoms with van der Waals surface area (Å²) in [5, 5.41) is 6.94. The lowest BCUT2D eigenvalue weighted by atomic mass is 10.2. The van der Waals surface area contributed by atoms with E-state index in [-0.39, 0.29) is 18.1 Å². The Labute approximate surface area is 161 Å². The monoisotopic (exact) mass is 381 g/mol. The van der Waals surface area contributed by atoms with Gasteiger partial charge in [-0.3, -0.25) is 9.59 Å². The van der Waals surface area contributed by atoms with Crippen LogP contribution in [0.5, 0.6) is 11.5 Å². The Hall–Kier alpha value is -3.75. The van der Waals surface area contributed by atoms with Crippen molar-refractivity contribution in [3.8, 4) is 11.5 Å². The lowest BCUT2D eigenvalue weighted by molar-refractivity contribution is -0.118. The van der Waals surface area contributed by atoms with Crippen molar-refractivity contribution in [2.45, 2.75) is 13.8 Å². The summed E-state index contributed by atoms with van der Waals surface area (Å²) in [6.07, 6.45) is 0. The first-order chi connectivity index (χ1) is 13.4. The van der Waals surface area contributed by atoms with Gasteiger partial charge >= 0.3 is 0 Å². The molecular formula is C19H19N5O4. The smallest absolute Gasteiger partial charge is 0.281 e. The van der Waals surface area contributed by atoms with E-state index in [0.717, 1.165) is 0 Å². The highest BCUT2D eigenvalue weighted by molar-refractivity contribution is 6.27. The zero-order valence-corrected chi connectivity index (χ0v) is 15.7. The molecule has 1 aromatic carbocycles. The van der Waals surface area contributed by atoms with Gasteiger partial charge < -0.3 is 14.8 Å². The highest BCUT2D eigenvalue weighted by Gasteiger charge is 2.21. The number of anilines is 1. The van der Waals surface area contributed by atoms with E-state index >= 15 is 0 Å². The van der Waals surface area contributed by atoms with Gasteiger partial charge in [0.15, 0.2) is 6.61 Å². The summed E-state index contributed by atoms with van der Waals surface area (Å²) in [7, 11) is 1.57. The number of rotatable bonds is 5. The molecule has 1 aliphatic heterocycles. The minimum absolute atomic E-state index is 0.0642. The van der Waals surface area contributed by atoms with Gasteiger partial charge in [0.2, 0.25) is 0 Å². The Morgan fingerprint density at radius 2 is 1.86 bits per heavy atom. The summed E-state index contributed by atoms with van der Waals surface area (Å²) in [6, 6.07) is 8.52. The van der Waals surface area contributed by atoms with E-state index in [1.54, 1.807) is 51.3 Å². The van der Waals surface area contributed by atoms with Crippen molar-refractivity contribution in [1.82, 2.24) is 9.78 Å². The van der Waals surface area contributed by atoms with Gasteiger partial charge in [-0.05, 0) is 38.1 Å². The second-order valence-corrected chi connectivity index (χ2v) is 5.99. The predicted molar refractivity (Wildman–Crippen MR) is 104 cm³/mol. The van der Waals surface area contributed by atoms with Crippen molar-refractivity contribution in [1.29, 1.82) is 0 Å².